The maximum Gasteiger partial charge on any atom is 0.251 e. The molecular weight excluding hydrogens is 388 g/mol. The highest BCUT2D eigenvalue weighted by molar-refractivity contribution is 7.89. The van der Waals surface area contributed by atoms with E-state index in [1.165, 1.54) is 6.92 Å². The Morgan fingerprint density at radius 1 is 1.22 bits per heavy atom. The van der Waals surface area contributed by atoms with Crippen molar-refractivity contribution < 1.29 is 18.3 Å². The Morgan fingerprint density at radius 3 is 2.59 bits per heavy atom. The van der Waals surface area contributed by atoms with E-state index < -0.39 is 16.1 Å². The fourth-order valence-electron chi connectivity index (χ4n) is 3.01. The lowest BCUT2D eigenvalue weighted by Crippen LogP contribution is -2.41. The van der Waals surface area contributed by atoms with Gasteiger partial charge < -0.3 is 10.0 Å². The van der Waals surface area contributed by atoms with Crippen molar-refractivity contribution in [2.24, 2.45) is 0 Å². The van der Waals surface area contributed by atoms with Gasteiger partial charge in [-0.05, 0) is 54.3 Å². The minimum Gasteiger partial charge on any atom is -0.384 e. The van der Waals surface area contributed by atoms with Crippen LogP contribution >= 0.6 is 11.6 Å². The molecule has 1 aliphatic heterocycles. The first kappa shape index (κ1) is 19.8. The van der Waals surface area contributed by atoms with Gasteiger partial charge >= 0.3 is 0 Å². The van der Waals surface area contributed by atoms with Crippen LogP contribution in [0.4, 0.5) is 0 Å². The van der Waals surface area contributed by atoms with E-state index in [0.29, 0.717) is 24.5 Å². The van der Waals surface area contributed by atoms with Gasteiger partial charge in [-0.1, -0.05) is 29.8 Å². The molecule has 2 aromatic rings. The highest BCUT2D eigenvalue weighted by Gasteiger charge is 2.25. The molecule has 0 aromatic heterocycles. The molecular formula is C19H21ClN2O4S. The fourth-order valence-corrected chi connectivity index (χ4v) is 4.21. The fraction of sp³-hybridized carbons (Fsp3) is 0.316. The molecule has 1 heterocycles. The summed E-state index contributed by atoms with van der Waals surface area (Å²) in [6.07, 6.45) is -0.489. The minimum absolute atomic E-state index is 0.174. The monoisotopic (exact) mass is 408 g/mol. The number of hydrogen-bond donors (Lipinski definition) is 2. The van der Waals surface area contributed by atoms with Crippen LogP contribution in [0.5, 0.6) is 0 Å². The summed E-state index contributed by atoms with van der Waals surface area (Å²) in [5, 5.41) is 10.1. The van der Waals surface area contributed by atoms with Crippen LogP contribution in [0, 0.1) is 0 Å². The molecule has 0 saturated carbocycles. The van der Waals surface area contributed by atoms with Crippen LogP contribution in [0.25, 0.3) is 0 Å². The molecule has 1 aliphatic rings. The number of aliphatic hydroxyl groups is 1. The van der Waals surface area contributed by atoms with Crippen LogP contribution in [0.15, 0.2) is 47.4 Å². The van der Waals surface area contributed by atoms with Crippen molar-refractivity contribution in [3.63, 3.8) is 0 Å². The molecule has 6 nitrogen and oxygen atoms in total. The standard InChI is InChI=1S/C19H21ClN2O4S/c1-13(23)19(24)22-9-8-15-10-18(7-4-16(15)12-22)27(25,26)21-11-14-2-5-17(20)6-3-14/h2-7,10,13,21,23H,8-9,11-12H2,1H3/t13-/m0/s1. The highest BCUT2D eigenvalue weighted by Crippen LogP contribution is 2.23. The maximum absolute atomic E-state index is 12.6. The molecule has 0 saturated heterocycles. The van der Waals surface area contributed by atoms with E-state index >= 15 is 0 Å². The maximum atomic E-state index is 12.6. The zero-order valence-electron chi connectivity index (χ0n) is 14.9. The third-order valence-corrected chi connectivity index (χ3v) is 6.20. The third kappa shape index (κ3) is 4.68. The number of benzene rings is 2. The van der Waals surface area contributed by atoms with Crippen molar-refractivity contribution in [1.82, 2.24) is 9.62 Å². The van der Waals surface area contributed by atoms with E-state index in [0.717, 1.165) is 16.7 Å². The number of halogens is 1. The van der Waals surface area contributed by atoms with Crippen molar-refractivity contribution in [2.45, 2.75) is 37.4 Å². The molecule has 1 atom stereocenters. The highest BCUT2D eigenvalue weighted by atomic mass is 35.5. The van der Waals surface area contributed by atoms with Crippen LogP contribution in [-0.2, 0) is 34.3 Å². The van der Waals surface area contributed by atoms with Gasteiger partial charge in [-0.2, -0.15) is 0 Å². The lowest BCUT2D eigenvalue weighted by atomic mass is 9.99. The van der Waals surface area contributed by atoms with E-state index in [1.54, 1.807) is 47.4 Å². The Balaban J connectivity index is 1.72. The van der Waals surface area contributed by atoms with Crippen molar-refractivity contribution >= 4 is 27.5 Å². The van der Waals surface area contributed by atoms with Crippen LogP contribution < -0.4 is 4.72 Å². The first-order valence-corrected chi connectivity index (χ1v) is 10.4. The molecule has 2 N–H and O–H groups in total. The Hall–Kier alpha value is -1.93. The molecule has 0 fully saturated rings. The van der Waals surface area contributed by atoms with Crippen molar-refractivity contribution in [3.05, 3.63) is 64.2 Å². The molecule has 1 amide bonds. The average Bonchev–Trinajstić information content (AvgIpc) is 2.66. The molecule has 0 spiro atoms. The molecule has 2 aromatic carbocycles. The average molecular weight is 409 g/mol. The zero-order chi connectivity index (χ0) is 19.6. The Labute approximate surface area is 163 Å². The van der Waals surface area contributed by atoms with E-state index in [9.17, 15) is 18.3 Å². The van der Waals surface area contributed by atoms with Crippen molar-refractivity contribution in [1.29, 1.82) is 0 Å². The predicted molar refractivity (Wildman–Crippen MR) is 103 cm³/mol. The molecule has 0 unspecified atom stereocenters. The number of fused-ring (bicyclic) bond motifs is 1. The quantitative estimate of drug-likeness (QED) is 0.793. The molecule has 144 valence electrons. The van der Waals surface area contributed by atoms with Gasteiger partial charge in [0.2, 0.25) is 10.0 Å². The number of carbonyl (C=O) groups excluding carboxylic acids is 1. The van der Waals surface area contributed by atoms with Gasteiger partial charge in [0.15, 0.2) is 0 Å². The van der Waals surface area contributed by atoms with Gasteiger partial charge in [-0.25, -0.2) is 13.1 Å². The van der Waals surface area contributed by atoms with Gasteiger partial charge in [0, 0.05) is 24.7 Å². The summed E-state index contributed by atoms with van der Waals surface area (Å²) in [7, 11) is -3.65. The van der Waals surface area contributed by atoms with Crippen LogP contribution in [0.1, 0.15) is 23.6 Å². The Morgan fingerprint density at radius 2 is 1.93 bits per heavy atom. The van der Waals surface area contributed by atoms with Gasteiger partial charge in [-0.15, -0.1) is 0 Å². The van der Waals surface area contributed by atoms with Gasteiger partial charge in [0.1, 0.15) is 6.10 Å². The Bertz CT molecular complexity index is 943. The van der Waals surface area contributed by atoms with Crippen LogP contribution in [-0.4, -0.2) is 37.0 Å². The second-order valence-electron chi connectivity index (χ2n) is 6.57. The molecule has 0 bridgehead atoms. The summed E-state index contributed by atoms with van der Waals surface area (Å²) >= 11 is 5.84. The Kier molecular flexibility index (Phi) is 5.86. The van der Waals surface area contributed by atoms with Gasteiger partial charge in [-0.3, -0.25) is 4.79 Å². The SMILES string of the molecule is C[C@H](O)C(=O)N1CCc2cc(S(=O)(=O)NCc3ccc(Cl)cc3)ccc2C1. The smallest absolute Gasteiger partial charge is 0.251 e. The topological polar surface area (TPSA) is 86.7 Å². The lowest BCUT2D eigenvalue weighted by Gasteiger charge is -2.30. The summed E-state index contributed by atoms with van der Waals surface area (Å²) in [5.41, 5.74) is 2.61. The van der Waals surface area contributed by atoms with Gasteiger partial charge in [0.25, 0.3) is 5.91 Å². The van der Waals surface area contributed by atoms with Crippen molar-refractivity contribution in [3.8, 4) is 0 Å². The summed E-state index contributed by atoms with van der Waals surface area (Å²) in [4.78, 5) is 13.7. The van der Waals surface area contributed by atoms with Gasteiger partial charge in [0.05, 0.1) is 4.90 Å². The number of amides is 1. The predicted octanol–water partition coefficient (Wildman–Crippen LogP) is 2.08. The number of nitrogens with one attached hydrogen (secondary N) is 1. The van der Waals surface area contributed by atoms with Crippen LogP contribution in [0.2, 0.25) is 5.02 Å². The summed E-state index contributed by atoms with van der Waals surface area (Å²) < 4.78 is 27.8. The second kappa shape index (κ2) is 7.98. The number of aliphatic hydroxyl groups excluding tert-OH is 1. The number of rotatable bonds is 5. The van der Waals surface area contributed by atoms with Crippen LogP contribution in [0.3, 0.4) is 0 Å². The molecule has 8 heteroatoms. The zero-order valence-corrected chi connectivity index (χ0v) is 16.4. The first-order valence-electron chi connectivity index (χ1n) is 8.59. The number of hydrogen-bond acceptors (Lipinski definition) is 4. The second-order valence-corrected chi connectivity index (χ2v) is 8.77. The molecule has 0 radical (unpaired) electrons. The van der Waals surface area contributed by atoms with E-state index in [1.807, 2.05) is 0 Å². The first-order chi connectivity index (χ1) is 12.8. The van der Waals surface area contributed by atoms with Crippen molar-refractivity contribution in [2.75, 3.05) is 6.54 Å². The minimum atomic E-state index is -3.65. The third-order valence-electron chi connectivity index (χ3n) is 4.55. The summed E-state index contributed by atoms with van der Waals surface area (Å²) in [6, 6.07) is 11.9. The lowest BCUT2D eigenvalue weighted by molar-refractivity contribution is -0.140. The summed E-state index contributed by atoms with van der Waals surface area (Å²) in [5.74, 6) is -0.318. The molecule has 0 aliphatic carbocycles. The largest absolute Gasteiger partial charge is 0.384 e. The number of carbonyl (C=O) groups is 1. The normalized spacial score (nSPS) is 15.3. The number of sulfonamides is 1. The molecule has 3 rings (SSSR count). The van der Waals surface area contributed by atoms with E-state index in [4.69, 9.17) is 11.6 Å². The summed E-state index contributed by atoms with van der Waals surface area (Å²) in [6.45, 7) is 2.45. The van der Waals surface area contributed by atoms with E-state index in [2.05, 4.69) is 4.72 Å². The molecule has 27 heavy (non-hydrogen) atoms. The number of nitrogens with zero attached hydrogens (tertiary/aromatic N) is 1. The van der Waals surface area contributed by atoms with E-state index in [-0.39, 0.29) is 17.3 Å².